The molecule has 2 fully saturated rings. The molecule has 30 heavy (non-hydrogen) atoms. The Kier molecular flexibility index (Phi) is 5.66. The molecule has 160 valence electrons. The van der Waals surface area contributed by atoms with E-state index in [9.17, 15) is 13.2 Å². The van der Waals surface area contributed by atoms with E-state index < -0.39 is 15.7 Å². The molecule has 6 nitrogen and oxygen atoms in total. The van der Waals surface area contributed by atoms with Gasteiger partial charge < -0.3 is 4.90 Å². The Balaban J connectivity index is 1.58. The fourth-order valence-corrected chi connectivity index (χ4v) is 6.40. The highest BCUT2D eigenvalue weighted by atomic mass is 35.5. The minimum Gasteiger partial charge on any atom is -0.316 e. The number of halogens is 1. The number of carbonyl (C=O) groups is 1. The predicted octanol–water partition coefficient (Wildman–Crippen LogP) is 3.40. The van der Waals surface area contributed by atoms with Gasteiger partial charge in [0.1, 0.15) is 0 Å². The maximum atomic E-state index is 13.1. The summed E-state index contributed by atoms with van der Waals surface area (Å²) in [4.78, 5) is 15.2. The SMILES string of the molecule is C[C@@H]1NC2(CCN(S(=O)(=O)c3cccc(Cl)c3)CC2)N([C@H](C)c2ccccc2)C1=O. The summed E-state index contributed by atoms with van der Waals surface area (Å²) in [5.74, 6) is 0.0532. The van der Waals surface area contributed by atoms with Gasteiger partial charge in [0, 0.05) is 18.1 Å². The number of amides is 1. The molecule has 2 saturated heterocycles. The van der Waals surface area contributed by atoms with E-state index in [0.29, 0.717) is 31.0 Å². The lowest BCUT2D eigenvalue weighted by molar-refractivity contribution is -0.136. The molecule has 0 radical (unpaired) electrons. The Morgan fingerprint density at radius 1 is 1.10 bits per heavy atom. The maximum Gasteiger partial charge on any atom is 0.243 e. The Morgan fingerprint density at radius 2 is 1.77 bits per heavy atom. The van der Waals surface area contributed by atoms with Crippen molar-refractivity contribution in [3.63, 3.8) is 0 Å². The van der Waals surface area contributed by atoms with Crippen molar-refractivity contribution in [2.75, 3.05) is 13.1 Å². The summed E-state index contributed by atoms with van der Waals surface area (Å²) in [5, 5.41) is 3.87. The third kappa shape index (κ3) is 3.64. The lowest BCUT2D eigenvalue weighted by Crippen LogP contribution is -2.59. The van der Waals surface area contributed by atoms with Crippen LogP contribution in [-0.2, 0) is 14.8 Å². The number of nitrogens with zero attached hydrogens (tertiary/aromatic N) is 2. The summed E-state index contributed by atoms with van der Waals surface area (Å²) >= 11 is 6.00. The first-order valence-electron chi connectivity index (χ1n) is 10.2. The molecule has 2 aromatic carbocycles. The zero-order chi connectivity index (χ0) is 21.5. The fraction of sp³-hybridized carbons (Fsp3) is 0.409. The monoisotopic (exact) mass is 447 g/mol. The summed E-state index contributed by atoms with van der Waals surface area (Å²) in [5.41, 5.74) is 0.515. The van der Waals surface area contributed by atoms with Gasteiger partial charge in [-0.2, -0.15) is 4.31 Å². The van der Waals surface area contributed by atoms with E-state index in [1.807, 2.05) is 49.1 Å². The largest absolute Gasteiger partial charge is 0.316 e. The number of piperidine rings is 1. The van der Waals surface area contributed by atoms with E-state index in [4.69, 9.17) is 11.6 Å². The molecule has 2 atom stereocenters. The number of rotatable bonds is 4. The van der Waals surface area contributed by atoms with Crippen molar-refractivity contribution >= 4 is 27.5 Å². The highest BCUT2D eigenvalue weighted by molar-refractivity contribution is 7.89. The summed E-state index contributed by atoms with van der Waals surface area (Å²) in [6.45, 7) is 4.57. The topological polar surface area (TPSA) is 69.7 Å². The van der Waals surface area contributed by atoms with E-state index in [2.05, 4.69) is 5.32 Å². The second-order valence-electron chi connectivity index (χ2n) is 8.05. The van der Waals surface area contributed by atoms with Crippen LogP contribution in [0.1, 0.15) is 38.3 Å². The van der Waals surface area contributed by atoms with Gasteiger partial charge in [-0.3, -0.25) is 10.1 Å². The Bertz CT molecular complexity index is 1040. The molecule has 1 N–H and O–H groups in total. The van der Waals surface area contributed by atoms with Gasteiger partial charge in [0.2, 0.25) is 15.9 Å². The summed E-state index contributed by atoms with van der Waals surface area (Å²) in [7, 11) is -3.63. The zero-order valence-electron chi connectivity index (χ0n) is 17.1. The molecular weight excluding hydrogens is 422 g/mol. The van der Waals surface area contributed by atoms with Crippen LogP contribution in [0.3, 0.4) is 0 Å². The molecule has 4 rings (SSSR count). The number of hydrogen-bond donors (Lipinski definition) is 1. The molecule has 0 aliphatic carbocycles. The molecular formula is C22H26ClN3O3S. The van der Waals surface area contributed by atoms with E-state index >= 15 is 0 Å². The molecule has 0 bridgehead atoms. The molecule has 2 aromatic rings. The zero-order valence-corrected chi connectivity index (χ0v) is 18.7. The number of carbonyl (C=O) groups excluding carboxylic acids is 1. The van der Waals surface area contributed by atoms with Crippen LogP contribution >= 0.6 is 11.6 Å². The first kappa shape index (κ1) is 21.3. The molecule has 2 heterocycles. The van der Waals surface area contributed by atoms with Crippen LogP contribution in [0.5, 0.6) is 0 Å². The van der Waals surface area contributed by atoms with Gasteiger partial charge in [0.15, 0.2) is 0 Å². The van der Waals surface area contributed by atoms with Gasteiger partial charge >= 0.3 is 0 Å². The summed E-state index contributed by atoms with van der Waals surface area (Å²) < 4.78 is 27.6. The molecule has 8 heteroatoms. The van der Waals surface area contributed by atoms with Crippen LogP contribution < -0.4 is 5.32 Å². The van der Waals surface area contributed by atoms with Crippen LogP contribution in [0.4, 0.5) is 0 Å². The van der Waals surface area contributed by atoms with E-state index in [1.165, 1.54) is 10.4 Å². The van der Waals surface area contributed by atoms with Crippen molar-refractivity contribution in [3.8, 4) is 0 Å². The van der Waals surface area contributed by atoms with Crippen LogP contribution in [0.25, 0.3) is 0 Å². The van der Waals surface area contributed by atoms with Crippen LogP contribution in [0.15, 0.2) is 59.5 Å². The first-order valence-corrected chi connectivity index (χ1v) is 12.0. The standard InChI is InChI=1S/C22H26ClN3O3S/c1-16-21(27)26(17(2)18-7-4-3-5-8-18)22(24-16)11-13-25(14-12-22)30(28,29)20-10-6-9-19(23)15-20/h3-10,15-17,24H,11-14H2,1-2H3/t16-,17+/m0/s1. The summed E-state index contributed by atoms with van der Waals surface area (Å²) in [6, 6.07) is 15.9. The molecule has 0 aromatic heterocycles. The minimum absolute atomic E-state index is 0.0532. The quantitative estimate of drug-likeness (QED) is 0.779. The van der Waals surface area contributed by atoms with Crippen LogP contribution in [-0.4, -0.2) is 48.3 Å². The molecule has 0 saturated carbocycles. The van der Waals surface area contributed by atoms with Gasteiger partial charge in [0.25, 0.3) is 0 Å². The van der Waals surface area contributed by atoms with E-state index in [-0.39, 0.29) is 22.9 Å². The Labute approximate surface area is 182 Å². The van der Waals surface area contributed by atoms with Crippen molar-refractivity contribution in [1.82, 2.24) is 14.5 Å². The predicted molar refractivity (Wildman–Crippen MR) is 116 cm³/mol. The maximum absolute atomic E-state index is 13.1. The normalized spacial score (nSPS) is 23.1. The highest BCUT2D eigenvalue weighted by Crippen LogP contribution is 2.39. The first-order chi connectivity index (χ1) is 14.2. The third-order valence-electron chi connectivity index (χ3n) is 6.21. The van der Waals surface area contributed by atoms with Crippen LogP contribution in [0.2, 0.25) is 5.02 Å². The van der Waals surface area contributed by atoms with Gasteiger partial charge in [-0.25, -0.2) is 8.42 Å². The number of hydrogen-bond acceptors (Lipinski definition) is 4. The van der Waals surface area contributed by atoms with Gasteiger partial charge in [-0.1, -0.05) is 48.0 Å². The molecule has 2 aliphatic heterocycles. The van der Waals surface area contributed by atoms with Gasteiger partial charge in [-0.05, 0) is 50.5 Å². The molecule has 1 amide bonds. The highest BCUT2D eigenvalue weighted by Gasteiger charge is 2.52. The Morgan fingerprint density at radius 3 is 2.40 bits per heavy atom. The second-order valence-corrected chi connectivity index (χ2v) is 10.4. The fourth-order valence-electron chi connectivity index (χ4n) is 4.65. The van der Waals surface area contributed by atoms with Crippen molar-refractivity contribution < 1.29 is 13.2 Å². The van der Waals surface area contributed by atoms with E-state index in [1.54, 1.807) is 18.2 Å². The van der Waals surface area contributed by atoms with Crippen molar-refractivity contribution in [3.05, 3.63) is 65.2 Å². The average Bonchev–Trinajstić information content (AvgIpc) is 2.98. The summed E-state index contributed by atoms with van der Waals surface area (Å²) in [6.07, 6.45) is 1.06. The van der Waals surface area contributed by atoms with Crippen LogP contribution in [0, 0.1) is 0 Å². The van der Waals surface area contributed by atoms with Gasteiger partial charge in [-0.15, -0.1) is 0 Å². The third-order valence-corrected chi connectivity index (χ3v) is 8.34. The van der Waals surface area contributed by atoms with E-state index in [0.717, 1.165) is 5.56 Å². The Hall–Kier alpha value is -1.93. The number of nitrogens with one attached hydrogen (secondary N) is 1. The lowest BCUT2D eigenvalue weighted by atomic mass is 9.94. The van der Waals surface area contributed by atoms with Crippen molar-refractivity contribution in [2.45, 2.75) is 49.3 Å². The molecule has 1 spiro atoms. The minimum atomic E-state index is -3.63. The van der Waals surface area contributed by atoms with Crippen molar-refractivity contribution in [1.29, 1.82) is 0 Å². The number of benzene rings is 2. The second kappa shape index (κ2) is 7.96. The average molecular weight is 448 g/mol. The van der Waals surface area contributed by atoms with Crippen molar-refractivity contribution in [2.24, 2.45) is 0 Å². The lowest BCUT2D eigenvalue weighted by Gasteiger charge is -2.46. The van der Waals surface area contributed by atoms with Gasteiger partial charge in [0.05, 0.1) is 22.6 Å². The molecule has 2 aliphatic rings. The smallest absolute Gasteiger partial charge is 0.243 e. The number of sulfonamides is 1. The molecule has 0 unspecified atom stereocenters.